The first-order valence-electron chi connectivity index (χ1n) is 11.6. The summed E-state index contributed by atoms with van der Waals surface area (Å²) in [6.45, 7) is 0. The van der Waals surface area contributed by atoms with Crippen LogP contribution in [-0.2, 0) is 16.0 Å². The van der Waals surface area contributed by atoms with E-state index >= 15 is 0 Å². The number of amides is 2. The van der Waals surface area contributed by atoms with Crippen LogP contribution in [0.2, 0.25) is 5.02 Å². The van der Waals surface area contributed by atoms with Crippen molar-refractivity contribution < 1.29 is 18.4 Å². The normalized spacial score (nSPS) is 17.3. The van der Waals surface area contributed by atoms with Gasteiger partial charge in [0.1, 0.15) is 11.6 Å². The summed E-state index contributed by atoms with van der Waals surface area (Å²) in [5.41, 5.74) is 5.88. The van der Waals surface area contributed by atoms with E-state index in [0.717, 1.165) is 56.9 Å². The largest absolute Gasteiger partial charge is 0.369 e. The first-order chi connectivity index (χ1) is 15.9. The lowest BCUT2D eigenvalue weighted by Gasteiger charge is -2.27. The Morgan fingerprint density at radius 1 is 0.970 bits per heavy atom. The van der Waals surface area contributed by atoms with E-state index in [1.54, 1.807) is 0 Å². The molecule has 2 aromatic carbocycles. The van der Waals surface area contributed by atoms with Gasteiger partial charge in [-0.05, 0) is 49.3 Å². The van der Waals surface area contributed by atoms with Crippen LogP contribution in [0.15, 0.2) is 42.5 Å². The summed E-state index contributed by atoms with van der Waals surface area (Å²) in [4.78, 5) is 22.9. The Hall–Kier alpha value is -2.47. The van der Waals surface area contributed by atoms with Gasteiger partial charge < -0.3 is 11.1 Å². The van der Waals surface area contributed by atoms with Gasteiger partial charge in [0.25, 0.3) is 0 Å². The molecule has 2 aromatic rings. The smallest absolute Gasteiger partial charge is 0.223 e. The highest BCUT2D eigenvalue weighted by Gasteiger charge is 2.34. The Labute approximate surface area is 198 Å². The predicted molar refractivity (Wildman–Crippen MR) is 126 cm³/mol. The first kappa shape index (κ1) is 25.2. The molecule has 0 saturated heterocycles. The van der Waals surface area contributed by atoms with Gasteiger partial charge in [-0.15, -0.1) is 0 Å². The number of nitrogens with two attached hydrogens (primary N) is 1. The van der Waals surface area contributed by atoms with E-state index in [9.17, 15) is 18.4 Å². The van der Waals surface area contributed by atoms with Crippen LogP contribution in [-0.4, -0.2) is 11.8 Å². The zero-order valence-corrected chi connectivity index (χ0v) is 19.4. The van der Waals surface area contributed by atoms with Gasteiger partial charge in [0.15, 0.2) is 0 Å². The fourth-order valence-electron chi connectivity index (χ4n) is 4.80. The number of halogens is 3. The average Bonchev–Trinajstić information content (AvgIpc) is 3.51. The zero-order chi connectivity index (χ0) is 23.8. The van der Waals surface area contributed by atoms with E-state index in [-0.39, 0.29) is 34.2 Å². The molecular formula is C26H31ClF2N2O2. The molecule has 4 nitrogen and oxygen atoms in total. The minimum absolute atomic E-state index is 0.0239. The summed E-state index contributed by atoms with van der Waals surface area (Å²) in [6, 6.07) is 11.2. The van der Waals surface area contributed by atoms with Crippen molar-refractivity contribution in [3.63, 3.8) is 0 Å². The van der Waals surface area contributed by atoms with Crippen molar-refractivity contribution >= 4 is 23.4 Å². The minimum Gasteiger partial charge on any atom is -0.369 e. The van der Waals surface area contributed by atoms with Crippen molar-refractivity contribution in [3.05, 3.63) is 70.2 Å². The van der Waals surface area contributed by atoms with Gasteiger partial charge in [0.05, 0.1) is 17.5 Å². The molecular weight excluding hydrogens is 446 g/mol. The maximum absolute atomic E-state index is 14.5. The molecule has 4 rings (SSSR count). The standard InChI is InChI=1S/C18H22ClF2NO.C8H9NO/c19-13-9-10-14(20)15(16(13)21)17(11-5-1-2-6-11)22-18(23)12-7-3-4-8-12;9-8(10)6-7-4-2-1-3-5-7/h9-12,17H,1-8H2,(H,22,23);1-5H,6H2,(H2,9,10). The molecule has 0 bridgehead atoms. The van der Waals surface area contributed by atoms with Gasteiger partial charge in [-0.25, -0.2) is 8.78 Å². The van der Waals surface area contributed by atoms with E-state index in [0.29, 0.717) is 6.42 Å². The Bertz CT molecular complexity index is 943. The van der Waals surface area contributed by atoms with E-state index in [1.165, 1.54) is 12.1 Å². The van der Waals surface area contributed by atoms with Crippen LogP contribution in [0.1, 0.15) is 68.5 Å². The third-order valence-electron chi connectivity index (χ3n) is 6.51. The molecule has 2 aliphatic rings. The number of benzene rings is 2. The van der Waals surface area contributed by atoms with Gasteiger partial charge in [0, 0.05) is 11.5 Å². The summed E-state index contributed by atoms with van der Waals surface area (Å²) in [5, 5.41) is 2.85. The van der Waals surface area contributed by atoms with Crippen LogP contribution >= 0.6 is 11.6 Å². The Balaban J connectivity index is 0.000000257. The molecule has 178 valence electrons. The third kappa shape index (κ3) is 7.00. The third-order valence-corrected chi connectivity index (χ3v) is 6.80. The van der Waals surface area contributed by atoms with Gasteiger partial charge in [-0.3, -0.25) is 9.59 Å². The van der Waals surface area contributed by atoms with Crippen molar-refractivity contribution in [3.8, 4) is 0 Å². The first-order valence-corrected chi connectivity index (χ1v) is 12.0. The van der Waals surface area contributed by atoms with Gasteiger partial charge >= 0.3 is 0 Å². The quantitative estimate of drug-likeness (QED) is 0.512. The number of rotatable bonds is 6. The molecule has 3 N–H and O–H groups in total. The lowest BCUT2D eigenvalue weighted by Crippen LogP contribution is -2.37. The summed E-state index contributed by atoms with van der Waals surface area (Å²) < 4.78 is 28.8. The minimum atomic E-state index is -0.740. The fraction of sp³-hybridized carbons (Fsp3) is 0.462. The molecule has 0 radical (unpaired) electrons. The molecule has 0 aliphatic heterocycles. The van der Waals surface area contributed by atoms with Crippen molar-refractivity contribution in [1.82, 2.24) is 5.32 Å². The second kappa shape index (κ2) is 12.1. The lowest BCUT2D eigenvalue weighted by atomic mass is 9.90. The number of hydrogen-bond acceptors (Lipinski definition) is 2. The molecule has 33 heavy (non-hydrogen) atoms. The Morgan fingerprint density at radius 3 is 2.18 bits per heavy atom. The van der Waals surface area contributed by atoms with Crippen molar-refractivity contribution in [2.24, 2.45) is 17.6 Å². The SMILES string of the molecule is NC(=O)Cc1ccccc1.O=C(NC(c1c(F)ccc(Cl)c1F)C1CCCC1)C1CCCC1. The molecule has 1 atom stereocenters. The Kier molecular flexibility index (Phi) is 9.24. The van der Waals surface area contributed by atoms with E-state index in [4.69, 9.17) is 17.3 Å². The summed E-state index contributed by atoms with van der Waals surface area (Å²) in [6.07, 6.45) is 7.98. The maximum atomic E-state index is 14.5. The second-order valence-electron chi connectivity index (χ2n) is 8.90. The molecule has 2 amide bonds. The van der Waals surface area contributed by atoms with Crippen molar-refractivity contribution in [1.29, 1.82) is 0 Å². The molecule has 0 spiro atoms. The molecule has 0 aromatic heterocycles. The maximum Gasteiger partial charge on any atom is 0.223 e. The van der Waals surface area contributed by atoms with Gasteiger partial charge in [0.2, 0.25) is 11.8 Å². The highest BCUT2D eigenvalue weighted by Crippen LogP contribution is 2.39. The van der Waals surface area contributed by atoms with Crippen molar-refractivity contribution in [2.45, 2.75) is 63.8 Å². The summed E-state index contributed by atoms with van der Waals surface area (Å²) in [7, 11) is 0. The topological polar surface area (TPSA) is 72.2 Å². The van der Waals surface area contributed by atoms with E-state index in [2.05, 4.69) is 5.32 Å². The predicted octanol–water partition coefficient (Wildman–Crippen LogP) is 5.87. The molecule has 7 heteroatoms. The van der Waals surface area contributed by atoms with Crippen LogP contribution in [0.25, 0.3) is 0 Å². The monoisotopic (exact) mass is 476 g/mol. The number of nitrogens with one attached hydrogen (secondary N) is 1. The number of hydrogen-bond donors (Lipinski definition) is 2. The van der Waals surface area contributed by atoms with Crippen LogP contribution in [0.3, 0.4) is 0 Å². The second-order valence-corrected chi connectivity index (χ2v) is 9.30. The fourth-order valence-corrected chi connectivity index (χ4v) is 4.97. The van der Waals surface area contributed by atoms with Crippen LogP contribution in [0, 0.1) is 23.5 Å². The molecule has 2 fully saturated rings. The highest BCUT2D eigenvalue weighted by atomic mass is 35.5. The number of carbonyl (C=O) groups is 2. The average molecular weight is 477 g/mol. The van der Waals surface area contributed by atoms with Crippen LogP contribution in [0.5, 0.6) is 0 Å². The number of primary amides is 1. The Morgan fingerprint density at radius 2 is 1.58 bits per heavy atom. The van der Waals surface area contributed by atoms with Crippen LogP contribution in [0.4, 0.5) is 8.78 Å². The molecule has 0 heterocycles. The highest BCUT2D eigenvalue weighted by molar-refractivity contribution is 6.30. The van der Waals surface area contributed by atoms with Gasteiger partial charge in [-0.1, -0.05) is 67.6 Å². The number of carbonyl (C=O) groups excluding carboxylic acids is 2. The molecule has 2 saturated carbocycles. The van der Waals surface area contributed by atoms with Crippen LogP contribution < -0.4 is 11.1 Å². The molecule has 2 aliphatic carbocycles. The van der Waals surface area contributed by atoms with Gasteiger partial charge in [-0.2, -0.15) is 0 Å². The summed E-state index contributed by atoms with van der Waals surface area (Å²) >= 11 is 5.85. The summed E-state index contributed by atoms with van der Waals surface area (Å²) in [5.74, 6) is -1.68. The lowest BCUT2D eigenvalue weighted by molar-refractivity contribution is -0.126. The van der Waals surface area contributed by atoms with E-state index < -0.39 is 17.7 Å². The molecule has 1 unspecified atom stereocenters. The van der Waals surface area contributed by atoms with Crippen molar-refractivity contribution in [2.75, 3.05) is 0 Å². The van der Waals surface area contributed by atoms with E-state index in [1.807, 2.05) is 30.3 Å². The zero-order valence-electron chi connectivity index (χ0n) is 18.7.